The van der Waals surface area contributed by atoms with E-state index in [0.29, 0.717) is 0 Å². The molecule has 1 unspecified atom stereocenters. The van der Waals surface area contributed by atoms with Crippen LogP contribution in [0.15, 0.2) is 15.9 Å². The molecule has 0 fully saturated rings. The molecule has 0 saturated heterocycles. The Labute approximate surface area is 140 Å². The zero-order chi connectivity index (χ0) is 14.0. The molecule has 1 atom stereocenters. The third-order valence-corrected chi connectivity index (χ3v) is 6.47. The Balaban J connectivity index is 2.38. The van der Waals surface area contributed by atoms with Crippen molar-refractivity contribution in [2.45, 2.75) is 26.3 Å². The summed E-state index contributed by atoms with van der Waals surface area (Å²) in [5.41, 5.74) is 2.32. The Morgan fingerprint density at radius 2 is 2.05 bits per heavy atom. The van der Waals surface area contributed by atoms with Crippen LogP contribution in [0, 0.1) is 6.92 Å². The van der Waals surface area contributed by atoms with Crippen LogP contribution in [0.5, 0.6) is 0 Å². The number of rotatable bonds is 5. The van der Waals surface area contributed by atoms with Gasteiger partial charge in [0.1, 0.15) is 0 Å². The topological polar surface area (TPSA) is 12.0 Å². The maximum Gasteiger partial charge on any atom is 0.0995 e. The number of nitrogens with one attached hydrogen (secondary N) is 1. The molecular formula is C13H14BrCl2NS2. The molecule has 0 spiro atoms. The standard InChI is InChI=1S/C13H14BrCl2NS2/c1-3-4-17-11(8-6-10(15)19-13(8)16)9-5-7(2)12(14)18-9/h5-6,11,17H,3-4H2,1-2H3. The molecule has 0 aliphatic heterocycles. The van der Waals surface area contributed by atoms with E-state index in [1.165, 1.54) is 25.6 Å². The Bertz CT molecular complexity index is 545. The van der Waals surface area contributed by atoms with Crippen LogP contribution in [-0.2, 0) is 0 Å². The van der Waals surface area contributed by atoms with Crippen LogP contribution in [-0.4, -0.2) is 6.54 Å². The number of aryl methyl sites for hydroxylation is 1. The van der Waals surface area contributed by atoms with Gasteiger partial charge in [0.25, 0.3) is 0 Å². The van der Waals surface area contributed by atoms with Crippen LogP contribution >= 0.6 is 61.8 Å². The Morgan fingerprint density at radius 1 is 1.32 bits per heavy atom. The third-order valence-electron chi connectivity index (χ3n) is 2.75. The van der Waals surface area contributed by atoms with Crippen molar-refractivity contribution in [1.29, 1.82) is 0 Å². The fourth-order valence-electron chi connectivity index (χ4n) is 1.83. The van der Waals surface area contributed by atoms with Crippen LogP contribution in [0.2, 0.25) is 8.67 Å². The molecular weight excluding hydrogens is 385 g/mol. The lowest BCUT2D eigenvalue weighted by atomic mass is 10.1. The van der Waals surface area contributed by atoms with Crippen LogP contribution < -0.4 is 5.32 Å². The second kappa shape index (κ2) is 6.92. The summed E-state index contributed by atoms with van der Waals surface area (Å²) in [5, 5.41) is 3.55. The molecule has 19 heavy (non-hydrogen) atoms. The summed E-state index contributed by atoms with van der Waals surface area (Å²) in [6.45, 7) is 5.20. The Kier molecular flexibility index (Phi) is 5.76. The molecule has 1 nitrogen and oxygen atoms in total. The molecule has 0 saturated carbocycles. The first-order chi connectivity index (χ1) is 9.02. The van der Waals surface area contributed by atoms with Gasteiger partial charge in [-0.1, -0.05) is 30.1 Å². The van der Waals surface area contributed by atoms with Gasteiger partial charge < -0.3 is 5.32 Å². The molecule has 0 radical (unpaired) electrons. The Morgan fingerprint density at radius 3 is 2.53 bits per heavy atom. The highest BCUT2D eigenvalue weighted by atomic mass is 79.9. The average molecular weight is 399 g/mol. The summed E-state index contributed by atoms with van der Waals surface area (Å²) >= 11 is 19.1. The average Bonchev–Trinajstić information content (AvgIpc) is 2.84. The number of halogens is 3. The van der Waals surface area contributed by atoms with Gasteiger partial charge >= 0.3 is 0 Å². The summed E-state index contributed by atoms with van der Waals surface area (Å²) in [4.78, 5) is 1.26. The van der Waals surface area contributed by atoms with Crippen molar-refractivity contribution in [2.75, 3.05) is 6.54 Å². The number of thiophene rings is 2. The first kappa shape index (κ1) is 15.8. The minimum Gasteiger partial charge on any atom is -0.306 e. The summed E-state index contributed by atoms with van der Waals surface area (Å²) in [6, 6.07) is 4.28. The van der Waals surface area contributed by atoms with Gasteiger partial charge in [0.15, 0.2) is 0 Å². The van der Waals surface area contributed by atoms with Crippen LogP contribution in [0.3, 0.4) is 0 Å². The van der Waals surface area contributed by atoms with Gasteiger partial charge in [-0.2, -0.15) is 0 Å². The highest BCUT2D eigenvalue weighted by Crippen LogP contribution is 2.41. The zero-order valence-electron chi connectivity index (χ0n) is 10.6. The van der Waals surface area contributed by atoms with Crippen LogP contribution in [0.4, 0.5) is 0 Å². The van der Waals surface area contributed by atoms with Gasteiger partial charge in [0, 0.05) is 10.4 Å². The molecule has 0 aliphatic carbocycles. The molecule has 6 heteroatoms. The van der Waals surface area contributed by atoms with Crippen molar-refractivity contribution in [3.63, 3.8) is 0 Å². The molecule has 2 aromatic heterocycles. The van der Waals surface area contributed by atoms with E-state index in [1.54, 1.807) is 11.3 Å². The molecule has 1 N–H and O–H groups in total. The van der Waals surface area contributed by atoms with Crippen molar-refractivity contribution in [3.8, 4) is 0 Å². The van der Waals surface area contributed by atoms with E-state index in [-0.39, 0.29) is 6.04 Å². The summed E-state index contributed by atoms with van der Waals surface area (Å²) < 4.78 is 2.67. The highest BCUT2D eigenvalue weighted by Gasteiger charge is 2.21. The van der Waals surface area contributed by atoms with E-state index in [4.69, 9.17) is 23.2 Å². The van der Waals surface area contributed by atoms with E-state index < -0.39 is 0 Å². The summed E-state index contributed by atoms with van der Waals surface area (Å²) in [7, 11) is 0. The molecule has 104 valence electrons. The summed E-state index contributed by atoms with van der Waals surface area (Å²) in [6.07, 6.45) is 1.08. The van der Waals surface area contributed by atoms with Gasteiger partial charge in [-0.05, 0) is 53.5 Å². The van der Waals surface area contributed by atoms with E-state index in [2.05, 4.69) is 41.2 Å². The van der Waals surface area contributed by atoms with Crippen molar-refractivity contribution in [1.82, 2.24) is 5.32 Å². The monoisotopic (exact) mass is 397 g/mol. The molecule has 2 heterocycles. The van der Waals surface area contributed by atoms with Crippen molar-refractivity contribution in [3.05, 3.63) is 40.6 Å². The van der Waals surface area contributed by atoms with Crippen molar-refractivity contribution < 1.29 is 0 Å². The molecule has 0 aliphatic rings. The highest BCUT2D eigenvalue weighted by molar-refractivity contribution is 9.11. The normalized spacial score (nSPS) is 12.9. The van der Waals surface area contributed by atoms with E-state index >= 15 is 0 Å². The van der Waals surface area contributed by atoms with Gasteiger partial charge in [-0.25, -0.2) is 0 Å². The fraction of sp³-hybridized carbons (Fsp3) is 0.385. The molecule has 2 rings (SSSR count). The maximum absolute atomic E-state index is 6.30. The lowest BCUT2D eigenvalue weighted by Crippen LogP contribution is -2.22. The number of hydrogen-bond acceptors (Lipinski definition) is 3. The van der Waals surface area contributed by atoms with Gasteiger partial charge in [-0.15, -0.1) is 22.7 Å². The minimum absolute atomic E-state index is 0.117. The second-order valence-electron chi connectivity index (χ2n) is 4.27. The number of hydrogen-bond donors (Lipinski definition) is 1. The zero-order valence-corrected chi connectivity index (χ0v) is 15.3. The second-order valence-corrected chi connectivity index (χ2v) is 8.96. The quantitative estimate of drug-likeness (QED) is 0.625. The molecule has 0 aromatic carbocycles. The van der Waals surface area contributed by atoms with Gasteiger partial charge in [0.05, 0.1) is 18.5 Å². The predicted molar refractivity (Wildman–Crippen MR) is 91.2 cm³/mol. The maximum atomic E-state index is 6.30. The van der Waals surface area contributed by atoms with E-state index in [1.807, 2.05) is 6.07 Å². The fourth-order valence-corrected chi connectivity index (χ4v) is 5.03. The molecule has 2 aromatic rings. The molecule has 0 amide bonds. The van der Waals surface area contributed by atoms with E-state index in [0.717, 1.165) is 27.2 Å². The van der Waals surface area contributed by atoms with Crippen molar-refractivity contribution >= 4 is 61.8 Å². The first-order valence-electron chi connectivity index (χ1n) is 5.96. The van der Waals surface area contributed by atoms with Crippen LogP contribution in [0.1, 0.15) is 35.4 Å². The molecule has 0 bridgehead atoms. The van der Waals surface area contributed by atoms with E-state index in [9.17, 15) is 0 Å². The Hall–Kier alpha value is 0.420. The third kappa shape index (κ3) is 3.74. The lowest BCUT2D eigenvalue weighted by Gasteiger charge is -2.16. The van der Waals surface area contributed by atoms with Crippen molar-refractivity contribution in [2.24, 2.45) is 0 Å². The van der Waals surface area contributed by atoms with Gasteiger partial charge in [0.2, 0.25) is 0 Å². The van der Waals surface area contributed by atoms with Crippen LogP contribution in [0.25, 0.3) is 0 Å². The lowest BCUT2D eigenvalue weighted by molar-refractivity contribution is 0.607. The SMILES string of the molecule is CCCNC(c1cc(C)c(Br)s1)c1cc(Cl)sc1Cl. The predicted octanol–water partition coefficient (Wildman–Crippen LogP) is 6.28. The largest absolute Gasteiger partial charge is 0.306 e. The summed E-state index contributed by atoms with van der Waals surface area (Å²) in [5.74, 6) is 0. The smallest absolute Gasteiger partial charge is 0.0995 e. The first-order valence-corrected chi connectivity index (χ1v) is 9.15. The minimum atomic E-state index is 0.117. The van der Waals surface area contributed by atoms with Gasteiger partial charge in [-0.3, -0.25) is 0 Å².